The molecule has 0 N–H and O–H groups in total. The van der Waals surface area contributed by atoms with Crippen molar-refractivity contribution in [2.75, 3.05) is 12.8 Å². The summed E-state index contributed by atoms with van der Waals surface area (Å²) in [6, 6.07) is 14.2. The van der Waals surface area contributed by atoms with Gasteiger partial charge in [-0.3, -0.25) is 29.0 Å². The van der Waals surface area contributed by atoms with Crippen LogP contribution in [0.5, 0.6) is 0 Å². The molecule has 0 spiro atoms. The number of benzene rings is 2. The van der Waals surface area contributed by atoms with E-state index in [2.05, 4.69) is 0 Å². The Morgan fingerprint density at radius 1 is 0.581 bits per heavy atom. The van der Waals surface area contributed by atoms with Gasteiger partial charge in [-0.2, -0.15) is 0 Å². The summed E-state index contributed by atoms with van der Waals surface area (Å²) in [6.45, 7) is 2.23. The first kappa shape index (κ1) is 30.6. The first-order chi connectivity index (χ1) is 21.0. The molecule has 43 heavy (non-hydrogen) atoms. The van der Waals surface area contributed by atoms with Gasteiger partial charge in [-0.1, -0.05) is 57.9 Å². The van der Waals surface area contributed by atoms with Gasteiger partial charge in [0.05, 0.1) is 22.3 Å². The lowest BCUT2D eigenvalue weighted by atomic mass is 9.99. The average molecular weight is 619 g/mol. The van der Waals surface area contributed by atoms with Gasteiger partial charge in [0.1, 0.15) is 0 Å². The van der Waals surface area contributed by atoms with Crippen LogP contribution in [0, 0.1) is 0 Å². The molecular formula is C35H44N2O4P2. The molecule has 6 heterocycles. The van der Waals surface area contributed by atoms with Crippen molar-refractivity contribution in [3.8, 4) is 0 Å². The molecule has 6 aliphatic heterocycles. The van der Waals surface area contributed by atoms with Crippen molar-refractivity contribution in [3.63, 3.8) is 0 Å². The van der Waals surface area contributed by atoms with E-state index in [9.17, 15) is 19.2 Å². The fourth-order valence-electron chi connectivity index (χ4n) is 7.89. The summed E-state index contributed by atoms with van der Waals surface area (Å²) < 4.78 is 0. The summed E-state index contributed by atoms with van der Waals surface area (Å²) in [7, 11) is 1.16. The van der Waals surface area contributed by atoms with Crippen LogP contribution in [-0.4, -0.2) is 68.9 Å². The Labute approximate surface area is 258 Å². The number of nitrogens with zero attached hydrogens (tertiary/aromatic N) is 2. The molecule has 4 saturated heterocycles. The van der Waals surface area contributed by atoms with Crippen molar-refractivity contribution in [1.29, 1.82) is 0 Å². The predicted molar refractivity (Wildman–Crippen MR) is 175 cm³/mol. The van der Waals surface area contributed by atoms with Crippen molar-refractivity contribution >= 4 is 40.1 Å². The third-order valence-corrected chi connectivity index (χ3v) is 15.8. The van der Waals surface area contributed by atoms with Crippen LogP contribution >= 0.6 is 16.5 Å². The van der Waals surface area contributed by atoms with Crippen LogP contribution in [0.2, 0.25) is 0 Å². The Bertz CT molecular complexity index is 1270. The maximum absolute atomic E-state index is 12.5. The minimum absolute atomic E-state index is 0.0678. The zero-order chi connectivity index (χ0) is 29.9. The van der Waals surface area contributed by atoms with E-state index in [0.717, 1.165) is 11.3 Å². The van der Waals surface area contributed by atoms with Crippen LogP contribution in [0.25, 0.3) is 0 Å². The lowest BCUT2D eigenvalue weighted by Gasteiger charge is -2.44. The van der Waals surface area contributed by atoms with E-state index in [-0.39, 0.29) is 31.6 Å². The maximum atomic E-state index is 12.5. The molecule has 4 bridgehead atoms. The first-order valence-corrected chi connectivity index (χ1v) is 19.2. The number of hydrogen-bond donors (Lipinski definition) is 0. The molecule has 4 amide bonds. The van der Waals surface area contributed by atoms with E-state index in [1.165, 1.54) is 63.3 Å². The van der Waals surface area contributed by atoms with Gasteiger partial charge in [-0.25, -0.2) is 0 Å². The van der Waals surface area contributed by atoms with Gasteiger partial charge in [-0.05, 0) is 105 Å². The van der Waals surface area contributed by atoms with Crippen molar-refractivity contribution in [1.82, 2.24) is 9.80 Å². The number of carbonyl (C=O) groups excluding carboxylic acids is 4. The standard InChI is InChI=1S/C17H20NO2P.C10H9NO2.C8H15P/c19-16-14-9-1-2-10-15(14)17(20)18(16)11-21-12-5-3-6-13(21)8-4-7-12;1-2-11-9(12)7-5-3-4-6-8(7)10(11)13;1-3-7-5-2-6-8(4-1)9-7/h1-2,9-10,12-13H,3-8,11H2;3-6H,2H2,1H3;7-9H,1-6H2. The number of imide groups is 2. The molecule has 8 rings (SSSR count). The molecule has 4 fully saturated rings. The quantitative estimate of drug-likeness (QED) is 0.259. The van der Waals surface area contributed by atoms with Crippen molar-refractivity contribution in [3.05, 3.63) is 70.8 Å². The molecule has 0 unspecified atom stereocenters. The van der Waals surface area contributed by atoms with Gasteiger partial charge in [0.15, 0.2) is 0 Å². The SMILES string of the molecule is C1CC2CCCC(C1)P2.CCN1C(=O)c2ccccc2C1=O.O=C1c2ccccc2C(=O)N1CP1C2CCCC1CCC2. The largest absolute Gasteiger partial charge is 0.275 e. The Balaban J connectivity index is 0.000000127. The van der Waals surface area contributed by atoms with Gasteiger partial charge < -0.3 is 0 Å². The number of amides is 4. The van der Waals surface area contributed by atoms with Crippen molar-refractivity contribution in [2.24, 2.45) is 0 Å². The average Bonchev–Trinajstić information content (AvgIpc) is 3.42. The zero-order valence-corrected chi connectivity index (χ0v) is 27.2. The van der Waals surface area contributed by atoms with E-state index < -0.39 is 0 Å². The summed E-state index contributed by atoms with van der Waals surface area (Å²) >= 11 is 0. The van der Waals surface area contributed by atoms with E-state index in [0.29, 0.717) is 35.1 Å². The molecule has 0 radical (unpaired) electrons. The molecule has 2 aromatic carbocycles. The highest BCUT2D eigenvalue weighted by molar-refractivity contribution is 7.59. The van der Waals surface area contributed by atoms with Gasteiger partial charge in [0, 0.05) is 12.8 Å². The van der Waals surface area contributed by atoms with Gasteiger partial charge >= 0.3 is 0 Å². The van der Waals surface area contributed by atoms with Gasteiger partial charge in [0.2, 0.25) is 0 Å². The number of rotatable bonds is 3. The summed E-state index contributed by atoms with van der Waals surface area (Å²) in [5, 5.41) is 0. The minimum Gasteiger partial charge on any atom is -0.275 e. The third-order valence-electron chi connectivity index (χ3n) is 10.1. The monoisotopic (exact) mass is 618 g/mol. The summed E-state index contributed by atoms with van der Waals surface area (Å²) in [6.07, 6.45) is 18.0. The molecule has 0 aliphatic carbocycles. The second-order valence-corrected chi connectivity index (χ2v) is 17.5. The highest BCUT2D eigenvalue weighted by Gasteiger charge is 2.42. The van der Waals surface area contributed by atoms with Gasteiger partial charge in [-0.15, -0.1) is 8.58 Å². The lowest BCUT2D eigenvalue weighted by Crippen LogP contribution is -2.36. The lowest BCUT2D eigenvalue weighted by molar-refractivity contribution is 0.0654. The number of fused-ring (bicyclic) bond motifs is 6. The molecule has 2 aromatic rings. The zero-order valence-electron chi connectivity index (χ0n) is 25.3. The molecule has 6 nitrogen and oxygen atoms in total. The second kappa shape index (κ2) is 13.7. The summed E-state index contributed by atoms with van der Waals surface area (Å²) in [5.74, 6) is -0.491. The van der Waals surface area contributed by atoms with Crippen molar-refractivity contribution < 1.29 is 19.2 Å². The highest BCUT2D eigenvalue weighted by atomic mass is 31.1. The number of hydrogen-bond acceptors (Lipinski definition) is 4. The molecular weight excluding hydrogens is 574 g/mol. The Hall–Kier alpha value is -2.42. The van der Waals surface area contributed by atoms with Gasteiger partial charge in [0.25, 0.3) is 23.6 Å². The normalized spacial score (nSPS) is 29.4. The minimum atomic E-state index is -0.192. The summed E-state index contributed by atoms with van der Waals surface area (Å²) in [4.78, 5) is 50.9. The smallest absolute Gasteiger partial charge is 0.261 e. The first-order valence-electron chi connectivity index (χ1n) is 16.4. The molecule has 8 heteroatoms. The van der Waals surface area contributed by atoms with Crippen LogP contribution in [0.15, 0.2) is 48.5 Å². The van der Waals surface area contributed by atoms with E-state index in [1.54, 1.807) is 86.7 Å². The van der Waals surface area contributed by atoms with Crippen LogP contribution in [-0.2, 0) is 0 Å². The van der Waals surface area contributed by atoms with Crippen LogP contribution in [0.3, 0.4) is 0 Å². The van der Waals surface area contributed by atoms with E-state index in [4.69, 9.17) is 0 Å². The topological polar surface area (TPSA) is 74.8 Å². The Kier molecular flexibility index (Phi) is 9.75. The fraction of sp³-hybridized carbons (Fsp3) is 0.543. The van der Waals surface area contributed by atoms with E-state index >= 15 is 0 Å². The van der Waals surface area contributed by atoms with E-state index in [1.807, 2.05) is 12.1 Å². The van der Waals surface area contributed by atoms with Crippen molar-refractivity contribution in [2.45, 2.75) is 107 Å². The Morgan fingerprint density at radius 3 is 1.28 bits per heavy atom. The molecule has 0 saturated carbocycles. The Morgan fingerprint density at radius 2 is 0.930 bits per heavy atom. The highest BCUT2D eigenvalue weighted by Crippen LogP contribution is 2.60. The summed E-state index contributed by atoms with van der Waals surface area (Å²) in [5.41, 5.74) is 6.17. The molecule has 0 aromatic heterocycles. The third kappa shape index (κ3) is 6.38. The number of carbonyl (C=O) groups is 4. The van der Waals surface area contributed by atoms with Crippen LogP contribution < -0.4 is 0 Å². The molecule has 0 atom stereocenters. The fourth-order valence-corrected chi connectivity index (χ4v) is 13.7. The molecule has 228 valence electrons. The van der Waals surface area contributed by atoms with Crippen LogP contribution in [0.4, 0.5) is 0 Å². The maximum Gasteiger partial charge on any atom is 0.261 e. The second-order valence-electron chi connectivity index (χ2n) is 12.7. The van der Waals surface area contributed by atoms with Crippen LogP contribution in [0.1, 0.15) is 125 Å². The molecule has 6 aliphatic rings. The predicted octanol–water partition coefficient (Wildman–Crippen LogP) is 7.90.